The Morgan fingerprint density at radius 2 is 1.94 bits per heavy atom. The van der Waals surface area contributed by atoms with Gasteiger partial charge in [0.2, 0.25) is 11.8 Å². The molecular formula is C12H23N3O3. The third-order valence-corrected chi connectivity index (χ3v) is 2.90. The summed E-state index contributed by atoms with van der Waals surface area (Å²) in [6.07, 6.45) is 0.174. The minimum atomic E-state index is -0.0834. The summed E-state index contributed by atoms with van der Waals surface area (Å²) in [7, 11) is 0. The molecule has 2 unspecified atom stereocenters. The van der Waals surface area contributed by atoms with Crippen LogP contribution in [0.3, 0.4) is 0 Å². The summed E-state index contributed by atoms with van der Waals surface area (Å²) in [5.41, 5.74) is 0. The van der Waals surface area contributed by atoms with Crippen molar-refractivity contribution >= 4 is 11.8 Å². The number of morpholine rings is 1. The molecule has 0 bridgehead atoms. The van der Waals surface area contributed by atoms with Gasteiger partial charge in [-0.3, -0.25) is 14.5 Å². The van der Waals surface area contributed by atoms with Crippen molar-refractivity contribution in [3.8, 4) is 0 Å². The van der Waals surface area contributed by atoms with Crippen LogP contribution in [0.1, 0.15) is 20.8 Å². The van der Waals surface area contributed by atoms with E-state index < -0.39 is 0 Å². The summed E-state index contributed by atoms with van der Waals surface area (Å²) in [6, 6.07) is 0.266. The molecule has 0 aliphatic carbocycles. The van der Waals surface area contributed by atoms with Gasteiger partial charge in [-0.05, 0) is 13.8 Å². The van der Waals surface area contributed by atoms with Crippen molar-refractivity contribution in [2.75, 3.05) is 32.8 Å². The van der Waals surface area contributed by atoms with Crippen molar-refractivity contribution in [1.29, 1.82) is 0 Å². The monoisotopic (exact) mass is 257 g/mol. The van der Waals surface area contributed by atoms with Crippen LogP contribution < -0.4 is 10.6 Å². The van der Waals surface area contributed by atoms with Gasteiger partial charge < -0.3 is 15.4 Å². The minimum absolute atomic E-state index is 0.0127. The van der Waals surface area contributed by atoms with Crippen LogP contribution in [0.25, 0.3) is 0 Å². The predicted molar refractivity (Wildman–Crippen MR) is 68.1 cm³/mol. The van der Waals surface area contributed by atoms with E-state index in [2.05, 4.69) is 22.5 Å². The van der Waals surface area contributed by atoms with Crippen LogP contribution in [0.5, 0.6) is 0 Å². The Morgan fingerprint density at radius 3 is 2.61 bits per heavy atom. The highest BCUT2D eigenvalue weighted by molar-refractivity contribution is 5.78. The maximum Gasteiger partial charge on any atom is 0.234 e. The molecule has 1 fully saturated rings. The van der Waals surface area contributed by atoms with Crippen molar-refractivity contribution < 1.29 is 14.3 Å². The van der Waals surface area contributed by atoms with Crippen LogP contribution >= 0.6 is 0 Å². The first-order valence-corrected chi connectivity index (χ1v) is 6.36. The average molecular weight is 257 g/mol. The third kappa shape index (κ3) is 5.46. The topological polar surface area (TPSA) is 70.7 Å². The zero-order chi connectivity index (χ0) is 13.5. The Labute approximate surface area is 108 Å². The van der Waals surface area contributed by atoms with Gasteiger partial charge in [0.1, 0.15) is 0 Å². The van der Waals surface area contributed by atoms with Gasteiger partial charge in [-0.1, -0.05) is 0 Å². The molecule has 1 aliphatic heterocycles. The molecule has 1 aliphatic rings. The van der Waals surface area contributed by atoms with E-state index in [0.717, 1.165) is 6.54 Å². The Hall–Kier alpha value is -1.14. The molecule has 6 heteroatoms. The van der Waals surface area contributed by atoms with E-state index in [1.54, 1.807) is 0 Å². The normalized spacial score (nSPS) is 24.6. The molecule has 0 aromatic carbocycles. The lowest BCUT2D eigenvalue weighted by atomic mass is 10.2. The molecule has 6 nitrogen and oxygen atoms in total. The molecule has 2 atom stereocenters. The summed E-state index contributed by atoms with van der Waals surface area (Å²) in [4.78, 5) is 24.5. The lowest BCUT2D eigenvalue weighted by Gasteiger charge is -2.36. The van der Waals surface area contributed by atoms with E-state index in [0.29, 0.717) is 26.2 Å². The fourth-order valence-electron chi connectivity index (χ4n) is 1.87. The standard InChI is InChI=1S/C12H23N3O3/c1-9-8-18-10(2)6-15(9)7-12(17)14-5-4-13-11(3)16/h9-10H,4-8H2,1-3H3,(H,13,16)(H,14,17). The summed E-state index contributed by atoms with van der Waals surface area (Å²) < 4.78 is 5.51. The van der Waals surface area contributed by atoms with Crippen LogP contribution in [0.4, 0.5) is 0 Å². The number of nitrogens with zero attached hydrogens (tertiary/aromatic N) is 1. The summed E-state index contributed by atoms with van der Waals surface area (Å²) in [5, 5.41) is 5.42. The van der Waals surface area contributed by atoms with E-state index >= 15 is 0 Å². The van der Waals surface area contributed by atoms with Crippen LogP contribution in [0, 0.1) is 0 Å². The molecule has 0 aromatic rings. The van der Waals surface area contributed by atoms with Gasteiger partial charge >= 0.3 is 0 Å². The number of rotatable bonds is 5. The van der Waals surface area contributed by atoms with Crippen molar-refractivity contribution in [3.05, 3.63) is 0 Å². The number of carbonyl (C=O) groups is 2. The molecule has 0 radical (unpaired) electrons. The molecule has 18 heavy (non-hydrogen) atoms. The number of nitrogens with one attached hydrogen (secondary N) is 2. The molecule has 0 aromatic heterocycles. The molecule has 1 rings (SSSR count). The average Bonchev–Trinajstić information content (AvgIpc) is 2.29. The smallest absolute Gasteiger partial charge is 0.234 e. The number of hydrogen-bond donors (Lipinski definition) is 2. The Balaban J connectivity index is 2.20. The first-order chi connectivity index (χ1) is 8.49. The fraction of sp³-hybridized carbons (Fsp3) is 0.833. The minimum Gasteiger partial charge on any atom is -0.376 e. The SMILES string of the molecule is CC(=O)NCCNC(=O)CN1CC(C)OCC1C. The quantitative estimate of drug-likeness (QED) is 0.642. The van der Waals surface area contributed by atoms with Crippen molar-refractivity contribution in [2.45, 2.75) is 32.9 Å². The highest BCUT2D eigenvalue weighted by atomic mass is 16.5. The Kier molecular flexibility index (Phi) is 6.07. The van der Waals surface area contributed by atoms with Crippen molar-refractivity contribution in [1.82, 2.24) is 15.5 Å². The number of hydrogen-bond acceptors (Lipinski definition) is 4. The molecule has 1 heterocycles. The highest BCUT2D eigenvalue weighted by Gasteiger charge is 2.24. The first-order valence-electron chi connectivity index (χ1n) is 6.36. The zero-order valence-corrected chi connectivity index (χ0v) is 11.4. The van der Waals surface area contributed by atoms with E-state index in [4.69, 9.17) is 4.74 Å². The highest BCUT2D eigenvalue weighted by Crippen LogP contribution is 2.10. The van der Waals surface area contributed by atoms with Gasteiger partial charge in [0.25, 0.3) is 0 Å². The molecule has 0 spiro atoms. The second-order valence-corrected chi connectivity index (χ2v) is 4.76. The van der Waals surface area contributed by atoms with Gasteiger partial charge in [0.15, 0.2) is 0 Å². The van der Waals surface area contributed by atoms with Crippen LogP contribution in [0.2, 0.25) is 0 Å². The van der Waals surface area contributed by atoms with Crippen LogP contribution in [-0.4, -0.2) is 61.6 Å². The maximum atomic E-state index is 11.7. The molecule has 0 saturated carbocycles. The summed E-state index contributed by atoms with van der Waals surface area (Å²) >= 11 is 0. The first kappa shape index (κ1) is 14.9. The molecule has 2 amide bonds. The molecule has 1 saturated heterocycles. The van der Waals surface area contributed by atoms with Crippen LogP contribution in [-0.2, 0) is 14.3 Å². The second kappa shape index (κ2) is 7.33. The molecule has 2 N–H and O–H groups in total. The summed E-state index contributed by atoms with van der Waals surface area (Å²) in [6.45, 7) is 8.28. The Bertz CT molecular complexity index is 296. The fourth-order valence-corrected chi connectivity index (χ4v) is 1.87. The third-order valence-electron chi connectivity index (χ3n) is 2.90. The van der Waals surface area contributed by atoms with Crippen LogP contribution in [0.15, 0.2) is 0 Å². The van der Waals surface area contributed by atoms with E-state index in [1.165, 1.54) is 6.92 Å². The van der Waals surface area contributed by atoms with Gasteiger partial charge in [0, 0.05) is 32.6 Å². The summed E-state index contributed by atoms with van der Waals surface area (Å²) in [5.74, 6) is -0.0961. The zero-order valence-electron chi connectivity index (χ0n) is 11.4. The number of ether oxygens (including phenoxy) is 1. The van der Waals surface area contributed by atoms with E-state index in [-0.39, 0.29) is 24.0 Å². The van der Waals surface area contributed by atoms with E-state index in [9.17, 15) is 9.59 Å². The van der Waals surface area contributed by atoms with E-state index in [1.807, 2.05) is 6.92 Å². The molecule has 104 valence electrons. The predicted octanol–water partition coefficient (Wildman–Crippen LogP) is -0.652. The number of carbonyl (C=O) groups excluding carboxylic acids is 2. The lowest BCUT2D eigenvalue weighted by Crippen LogP contribution is -2.51. The lowest BCUT2D eigenvalue weighted by molar-refractivity contribution is -0.126. The largest absolute Gasteiger partial charge is 0.376 e. The van der Waals surface area contributed by atoms with Gasteiger partial charge in [-0.15, -0.1) is 0 Å². The van der Waals surface area contributed by atoms with Crippen molar-refractivity contribution in [3.63, 3.8) is 0 Å². The van der Waals surface area contributed by atoms with Gasteiger partial charge in [0.05, 0.1) is 19.3 Å². The Morgan fingerprint density at radius 1 is 1.28 bits per heavy atom. The number of amides is 2. The maximum absolute atomic E-state index is 11.7. The van der Waals surface area contributed by atoms with Crippen molar-refractivity contribution in [2.24, 2.45) is 0 Å². The van der Waals surface area contributed by atoms with Gasteiger partial charge in [-0.25, -0.2) is 0 Å². The second-order valence-electron chi connectivity index (χ2n) is 4.76. The molecular weight excluding hydrogens is 234 g/mol. The van der Waals surface area contributed by atoms with Gasteiger partial charge in [-0.2, -0.15) is 0 Å².